The lowest BCUT2D eigenvalue weighted by atomic mass is 10.2. The molecule has 4 aromatic rings. The fourth-order valence-electron chi connectivity index (χ4n) is 2.85. The summed E-state index contributed by atoms with van der Waals surface area (Å²) >= 11 is 1.40. The van der Waals surface area contributed by atoms with Gasteiger partial charge in [0.2, 0.25) is 0 Å². The second kappa shape index (κ2) is 7.29. The van der Waals surface area contributed by atoms with Crippen molar-refractivity contribution in [2.75, 3.05) is 4.72 Å². The molecule has 4 rings (SSSR count). The predicted octanol–water partition coefficient (Wildman–Crippen LogP) is 4.23. The first-order chi connectivity index (χ1) is 13.4. The Labute approximate surface area is 167 Å². The summed E-state index contributed by atoms with van der Waals surface area (Å²) in [6, 6.07) is 14.4. The number of aromatic nitrogens is 3. The van der Waals surface area contributed by atoms with Crippen LogP contribution >= 0.6 is 11.8 Å². The van der Waals surface area contributed by atoms with Crippen LogP contribution in [0.25, 0.3) is 10.9 Å². The summed E-state index contributed by atoms with van der Waals surface area (Å²) in [4.78, 5) is 9.56. The van der Waals surface area contributed by atoms with Gasteiger partial charge in [0.05, 0.1) is 11.2 Å². The van der Waals surface area contributed by atoms with Crippen molar-refractivity contribution in [1.82, 2.24) is 14.5 Å². The normalized spacial score (nSPS) is 11.6. The summed E-state index contributed by atoms with van der Waals surface area (Å²) in [5.41, 5.74) is 1.93. The zero-order valence-electron chi connectivity index (χ0n) is 15.3. The van der Waals surface area contributed by atoms with Crippen molar-refractivity contribution in [3.8, 4) is 0 Å². The molecule has 0 fully saturated rings. The number of pyridine rings is 1. The maximum absolute atomic E-state index is 13.1. The summed E-state index contributed by atoms with van der Waals surface area (Å²) < 4.78 is 30.9. The van der Waals surface area contributed by atoms with E-state index in [-0.39, 0.29) is 4.90 Å². The monoisotopic (exact) mass is 410 g/mol. The highest BCUT2D eigenvalue weighted by Gasteiger charge is 2.20. The standard InChI is InChI=1S/C20H18N4O2S2/c1-14-12-15-6-5-9-18(19(15)22-13-14)28(25,26)23-16-7-3-4-8-17(16)27-20-21-10-11-24(20)2/h3-13,23H,1-2H3. The maximum Gasteiger partial charge on any atom is 0.264 e. The molecule has 142 valence electrons. The van der Waals surface area contributed by atoms with Crippen molar-refractivity contribution in [3.05, 3.63) is 72.7 Å². The average Bonchev–Trinajstić information content (AvgIpc) is 3.07. The van der Waals surface area contributed by atoms with Crippen LogP contribution in [0.1, 0.15) is 5.56 Å². The van der Waals surface area contributed by atoms with E-state index in [0.29, 0.717) is 11.2 Å². The van der Waals surface area contributed by atoms with Crippen molar-refractivity contribution in [1.29, 1.82) is 0 Å². The third-order valence-corrected chi connectivity index (χ3v) is 6.76. The first-order valence-electron chi connectivity index (χ1n) is 8.56. The minimum Gasteiger partial charge on any atom is -0.329 e. The zero-order chi connectivity index (χ0) is 19.7. The van der Waals surface area contributed by atoms with Gasteiger partial charge in [-0.2, -0.15) is 0 Å². The molecule has 0 radical (unpaired) electrons. The van der Waals surface area contributed by atoms with Crippen LogP contribution in [0.15, 0.2) is 82.1 Å². The first-order valence-corrected chi connectivity index (χ1v) is 10.9. The quantitative estimate of drug-likeness (QED) is 0.533. The molecule has 6 nitrogen and oxygen atoms in total. The van der Waals surface area contributed by atoms with E-state index in [1.54, 1.807) is 36.7 Å². The number of nitrogens with one attached hydrogen (secondary N) is 1. The summed E-state index contributed by atoms with van der Waals surface area (Å²) in [5.74, 6) is 0. The Morgan fingerprint density at radius 1 is 1.07 bits per heavy atom. The molecule has 0 spiro atoms. The molecule has 0 amide bonds. The van der Waals surface area contributed by atoms with E-state index in [0.717, 1.165) is 21.0 Å². The van der Waals surface area contributed by atoms with Crippen LogP contribution in [0.2, 0.25) is 0 Å². The largest absolute Gasteiger partial charge is 0.329 e. The summed E-state index contributed by atoms with van der Waals surface area (Å²) in [6.45, 7) is 1.93. The number of hydrogen-bond acceptors (Lipinski definition) is 5. The van der Waals surface area contributed by atoms with Gasteiger partial charge in [0.15, 0.2) is 5.16 Å². The van der Waals surface area contributed by atoms with E-state index < -0.39 is 10.0 Å². The van der Waals surface area contributed by atoms with Crippen molar-refractivity contribution in [2.24, 2.45) is 7.05 Å². The number of nitrogens with zero attached hydrogens (tertiary/aromatic N) is 3. The molecule has 2 aromatic heterocycles. The van der Waals surface area contributed by atoms with Gasteiger partial charge in [0, 0.05) is 35.9 Å². The summed E-state index contributed by atoms with van der Waals surface area (Å²) in [6.07, 6.45) is 5.23. The van der Waals surface area contributed by atoms with Gasteiger partial charge in [-0.15, -0.1) is 0 Å². The first kappa shape index (κ1) is 18.5. The van der Waals surface area contributed by atoms with Gasteiger partial charge in [-0.05, 0) is 48.5 Å². The molecule has 0 aliphatic carbocycles. The van der Waals surface area contributed by atoms with Crippen LogP contribution in [-0.2, 0) is 17.1 Å². The summed E-state index contributed by atoms with van der Waals surface area (Å²) in [7, 11) is -1.92. The molecule has 28 heavy (non-hydrogen) atoms. The highest BCUT2D eigenvalue weighted by Crippen LogP contribution is 2.34. The Morgan fingerprint density at radius 2 is 1.89 bits per heavy atom. The van der Waals surface area contributed by atoms with Crippen LogP contribution in [-0.4, -0.2) is 23.0 Å². The number of rotatable bonds is 5. The van der Waals surface area contributed by atoms with E-state index in [9.17, 15) is 8.42 Å². The Balaban J connectivity index is 1.73. The van der Waals surface area contributed by atoms with E-state index in [2.05, 4.69) is 14.7 Å². The number of imidazole rings is 1. The average molecular weight is 411 g/mol. The Morgan fingerprint density at radius 3 is 2.68 bits per heavy atom. The SMILES string of the molecule is Cc1cnc2c(S(=O)(=O)Nc3ccccc3Sc3nccn3C)cccc2c1. The smallest absolute Gasteiger partial charge is 0.264 e. The summed E-state index contributed by atoms with van der Waals surface area (Å²) in [5, 5.41) is 1.56. The molecule has 0 saturated heterocycles. The van der Waals surface area contributed by atoms with Crippen LogP contribution in [0.5, 0.6) is 0 Å². The fourth-order valence-corrected chi connectivity index (χ4v) is 5.06. The molecule has 2 heterocycles. The molecule has 0 aliphatic heterocycles. The van der Waals surface area contributed by atoms with Crippen LogP contribution < -0.4 is 4.72 Å². The van der Waals surface area contributed by atoms with Gasteiger partial charge in [0.25, 0.3) is 10.0 Å². The predicted molar refractivity (Wildman–Crippen MR) is 111 cm³/mol. The number of sulfonamides is 1. The Hall–Kier alpha value is -2.84. The van der Waals surface area contributed by atoms with Crippen molar-refractivity contribution < 1.29 is 8.42 Å². The molecular weight excluding hydrogens is 392 g/mol. The highest BCUT2D eigenvalue weighted by molar-refractivity contribution is 7.99. The lowest BCUT2D eigenvalue weighted by Crippen LogP contribution is -2.14. The number of para-hydroxylation sites is 2. The van der Waals surface area contributed by atoms with Gasteiger partial charge in [-0.3, -0.25) is 9.71 Å². The molecule has 0 aliphatic rings. The molecule has 1 N–H and O–H groups in total. The van der Waals surface area contributed by atoms with Gasteiger partial charge < -0.3 is 4.57 Å². The number of aryl methyl sites for hydroxylation is 2. The Bertz CT molecular complexity index is 1270. The molecule has 0 atom stereocenters. The van der Waals surface area contributed by atoms with Gasteiger partial charge >= 0.3 is 0 Å². The van der Waals surface area contributed by atoms with Crippen molar-refractivity contribution in [3.63, 3.8) is 0 Å². The maximum atomic E-state index is 13.1. The molecule has 0 unspecified atom stereocenters. The number of fused-ring (bicyclic) bond motifs is 1. The molecule has 8 heteroatoms. The van der Waals surface area contributed by atoms with E-state index in [4.69, 9.17) is 0 Å². The Kier molecular flexibility index (Phi) is 4.82. The van der Waals surface area contributed by atoms with Gasteiger partial charge in [-0.25, -0.2) is 13.4 Å². The van der Waals surface area contributed by atoms with Crippen LogP contribution in [0, 0.1) is 6.92 Å². The number of anilines is 1. The van der Waals surface area contributed by atoms with E-state index >= 15 is 0 Å². The van der Waals surface area contributed by atoms with Crippen molar-refractivity contribution in [2.45, 2.75) is 21.9 Å². The van der Waals surface area contributed by atoms with Crippen LogP contribution in [0.3, 0.4) is 0 Å². The van der Waals surface area contributed by atoms with E-state index in [1.165, 1.54) is 11.8 Å². The lowest BCUT2D eigenvalue weighted by Gasteiger charge is -2.13. The third kappa shape index (κ3) is 3.61. The van der Waals surface area contributed by atoms with Gasteiger partial charge in [-0.1, -0.05) is 24.3 Å². The lowest BCUT2D eigenvalue weighted by molar-refractivity contribution is 0.602. The van der Waals surface area contributed by atoms with Gasteiger partial charge in [0.1, 0.15) is 4.90 Å². The molecule has 0 saturated carbocycles. The van der Waals surface area contributed by atoms with Crippen molar-refractivity contribution >= 4 is 38.4 Å². The third-order valence-electron chi connectivity index (χ3n) is 4.21. The minimum atomic E-state index is -3.82. The molecule has 0 bridgehead atoms. The highest BCUT2D eigenvalue weighted by atomic mass is 32.2. The minimum absolute atomic E-state index is 0.154. The second-order valence-electron chi connectivity index (χ2n) is 6.36. The van der Waals surface area contributed by atoms with E-state index in [1.807, 2.05) is 49.0 Å². The number of benzene rings is 2. The number of hydrogen-bond donors (Lipinski definition) is 1. The fraction of sp³-hybridized carbons (Fsp3) is 0.100. The molecular formula is C20H18N4O2S2. The second-order valence-corrected chi connectivity index (χ2v) is 9.02. The van der Waals surface area contributed by atoms with Crippen LogP contribution in [0.4, 0.5) is 5.69 Å². The topological polar surface area (TPSA) is 76.9 Å². The zero-order valence-corrected chi connectivity index (χ0v) is 17.0. The molecule has 2 aromatic carbocycles.